The van der Waals surface area contributed by atoms with E-state index in [1.165, 1.54) is 0 Å². The van der Waals surface area contributed by atoms with E-state index in [-0.39, 0.29) is 23.3 Å². The van der Waals surface area contributed by atoms with Gasteiger partial charge in [-0.3, -0.25) is 4.79 Å². The fourth-order valence-corrected chi connectivity index (χ4v) is 0.953. The Morgan fingerprint density at radius 2 is 1.86 bits per heavy atom. The average Bonchev–Trinajstić information content (AvgIpc) is 2.02. The van der Waals surface area contributed by atoms with E-state index in [0.29, 0.717) is 6.54 Å². The summed E-state index contributed by atoms with van der Waals surface area (Å²) in [5, 5.41) is 3.01. The van der Waals surface area contributed by atoms with Crippen LogP contribution in [0.2, 0.25) is 0 Å². The Hall–Kier alpha value is -0.570. The van der Waals surface area contributed by atoms with Crippen molar-refractivity contribution in [3.05, 3.63) is 0 Å². The Balaban J connectivity index is 4.06. The number of rotatable bonds is 4. The van der Waals surface area contributed by atoms with Crippen LogP contribution in [0.1, 0.15) is 41.0 Å². The monoisotopic (exact) mass is 200 g/mol. The van der Waals surface area contributed by atoms with E-state index in [0.717, 1.165) is 6.42 Å². The molecule has 0 rings (SSSR count). The number of amides is 1. The second kappa shape index (κ2) is 5.35. The highest BCUT2D eigenvalue weighted by Gasteiger charge is 2.23. The summed E-state index contributed by atoms with van der Waals surface area (Å²) >= 11 is 0. The zero-order valence-electron chi connectivity index (χ0n) is 10.1. The summed E-state index contributed by atoms with van der Waals surface area (Å²) in [7, 11) is 0. The third kappa shape index (κ3) is 4.61. The molecule has 0 aromatic carbocycles. The number of hydrogen-bond acceptors (Lipinski definition) is 2. The van der Waals surface area contributed by atoms with Gasteiger partial charge < -0.3 is 11.1 Å². The van der Waals surface area contributed by atoms with Gasteiger partial charge in [0.05, 0.1) is 0 Å². The molecule has 0 saturated carbocycles. The maximum absolute atomic E-state index is 11.6. The van der Waals surface area contributed by atoms with Crippen molar-refractivity contribution in [2.24, 2.45) is 17.1 Å². The summed E-state index contributed by atoms with van der Waals surface area (Å²) in [4.78, 5) is 11.6. The Morgan fingerprint density at radius 1 is 1.36 bits per heavy atom. The normalized spacial score (nSPS) is 16.1. The molecule has 2 atom stereocenters. The van der Waals surface area contributed by atoms with Crippen molar-refractivity contribution in [2.75, 3.05) is 6.54 Å². The van der Waals surface area contributed by atoms with E-state index >= 15 is 0 Å². The van der Waals surface area contributed by atoms with Gasteiger partial charge in [-0.05, 0) is 25.3 Å². The maximum Gasteiger partial charge on any atom is 0.223 e. The van der Waals surface area contributed by atoms with Gasteiger partial charge in [-0.2, -0.15) is 0 Å². The number of hydrogen-bond donors (Lipinski definition) is 2. The topological polar surface area (TPSA) is 55.1 Å². The van der Waals surface area contributed by atoms with E-state index in [9.17, 15) is 4.79 Å². The Kier molecular flexibility index (Phi) is 5.13. The quantitative estimate of drug-likeness (QED) is 0.723. The zero-order valence-corrected chi connectivity index (χ0v) is 10.1. The molecule has 3 heteroatoms. The van der Waals surface area contributed by atoms with Gasteiger partial charge in [0.2, 0.25) is 5.91 Å². The second-order valence-electron chi connectivity index (χ2n) is 5.07. The lowest BCUT2D eigenvalue weighted by atomic mass is 9.87. The molecule has 0 heterocycles. The van der Waals surface area contributed by atoms with E-state index in [2.05, 4.69) is 26.1 Å². The van der Waals surface area contributed by atoms with Crippen molar-refractivity contribution < 1.29 is 4.79 Å². The number of nitrogens with two attached hydrogens (primary N) is 1. The van der Waals surface area contributed by atoms with Crippen LogP contribution >= 0.6 is 0 Å². The van der Waals surface area contributed by atoms with E-state index in [1.54, 1.807) is 0 Å². The van der Waals surface area contributed by atoms with Crippen molar-refractivity contribution in [1.29, 1.82) is 0 Å². The highest BCUT2D eigenvalue weighted by Crippen LogP contribution is 2.18. The zero-order chi connectivity index (χ0) is 11.4. The van der Waals surface area contributed by atoms with Gasteiger partial charge in [-0.25, -0.2) is 0 Å². The molecule has 2 unspecified atom stereocenters. The summed E-state index contributed by atoms with van der Waals surface area (Å²) in [6.45, 7) is 10.9. The minimum Gasteiger partial charge on any atom is -0.353 e. The molecule has 0 aromatic rings. The molecule has 0 fully saturated rings. The predicted octanol–water partition coefficient (Wildman–Crippen LogP) is 1.52. The number of carbonyl (C=O) groups is 1. The third-order valence-electron chi connectivity index (χ3n) is 2.71. The second-order valence-corrected chi connectivity index (χ2v) is 5.07. The van der Waals surface area contributed by atoms with Crippen molar-refractivity contribution in [3.8, 4) is 0 Å². The standard InChI is InChI=1S/C11H24N2O/c1-8(6-7-12)10(14)13-9(2)11(3,4)5/h8-9H,6-7,12H2,1-5H3,(H,13,14). The largest absolute Gasteiger partial charge is 0.353 e. The minimum absolute atomic E-state index is 0.0183. The van der Waals surface area contributed by atoms with Crippen LogP contribution in [0.15, 0.2) is 0 Å². The fraction of sp³-hybridized carbons (Fsp3) is 0.909. The highest BCUT2D eigenvalue weighted by molar-refractivity contribution is 5.78. The van der Waals surface area contributed by atoms with Gasteiger partial charge >= 0.3 is 0 Å². The molecule has 0 saturated heterocycles. The molecular formula is C11H24N2O. The first-order valence-corrected chi connectivity index (χ1v) is 5.29. The van der Waals surface area contributed by atoms with Gasteiger partial charge in [0.25, 0.3) is 0 Å². The Morgan fingerprint density at radius 3 is 2.21 bits per heavy atom. The molecule has 0 spiro atoms. The molecule has 3 nitrogen and oxygen atoms in total. The Labute approximate surface area is 87.4 Å². The summed E-state index contributed by atoms with van der Waals surface area (Å²) in [5.74, 6) is 0.127. The molecule has 0 aliphatic carbocycles. The van der Waals surface area contributed by atoms with Crippen LogP contribution in [0.3, 0.4) is 0 Å². The summed E-state index contributed by atoms with van der Waals surface area (Å²) in [6, 6.07) is 0.190. The summed E-state index contributed by atoms with van der Waals surface area (Å²) in [6.07, 6.45) is 0.753. The molecule has 0 bridgehead atoms. The van der Waals surface area contributed by atoms with Gasteiger partial charge in [0.15, 0.2) is 0 Å². The molecular weight excluding hydrogens is 176 g/mol. The first kappa shape index (κ1) is 13.4. The van der Waals surface area contributed by atoms with Crippen LogP contribution in [0, 0.1) is 11.3 Å². The van der Waals surface area contributed by atoms with Crippen LogP contribution in [-0.2, 0) is 4.79 Å². The predicted molar refractivity (Wildman–Crippen MR) is 59.9 cm³/mol. The SMILES string of the molecule is CC(CCN)C(=O)NC(C)C(C)(C)C. The third-order valence-corrected chi connectivity index (χ3v) is 2.71. The van der Waals surface area contributed by atoms with E-state index in [4.69, 9.17) is 5.73 Å². The lowest BCUT2D eigenvalue weighted by molar-refractivity contribution is -0.125. The van der Waals surface area contributed by atoms with Crippen molar-refractivity contribution in [3.63, 3.8) is 0 Å². The van der Waals surface area contributed by atoms with Crippen LogP contribution in [0.4, 0.5) is 0 Å². The minimum atomic E-state index is 0.0183. The molecule has 0 radical (unpaired) electrons. The van der Waals surface area contributed by atoms with Crippen LogP contribution in [-0.4, -0.2) is 18.5 Å². The number of carbonyl (C=O) groups excluding carboxylic acids is 1. The van der Waals surface area contributed by atoms with Gasteiger partial charge in [0, 0.05) is 12.0 Å². The van der Waals surface area contributed by atoms with Crippen LogP contribution in [0.25, 0.3) is 0 Å². The van der Waals surface area contributed by atoms with Crippen molar-refractivity contribution >= 4 is 5.91 Å². The number of nitrogens with one attached hydrogen (secondary N) is 1. The summed E-state index contributed by atoms with van der Waals surface area (Å²) in [5.41, 5.74) is 5.51. The van der Waals surface area contributed by atoms with Gasteiger partial charge in [-0.15, -0.1) is 0 Å². The van der Waals surface area contributed by atoms with Crippen LogP contribution in [0.5, 0.6) is 0 Å². The Bertz CT molecular complexity index is 184. The molecule has 0 aliphatic rings. The molecule has 14 heavy (non-hydrogen) atoms. The first-order valence-electron chi connectivity index (χ1n) is 5.29. The smallest absolute Gasteiger partial charge is 0.223 e. The molecule has 0 aliphatic heterocycles. The summed E-state index contributed by atoms with van der Waals surface area (Å²) < 4.78 is 0. The molecule has 0 aromatic heterocycles. The molecule has 3 N–H and O–H groups in total. The van der Waals surface area contributed by atoms with Gasteiger partial charge in [-0.1, -0.05) is 27.7 Å². The maximum atomic E-state index is 11.6. The van der Waals surface area contributed by atoms with Crippen molar-refractivity contribution in [1.82, 2.24) is 5.32 Å². The lowest BCUT2D eigenvalue weighted by Crippen LogP contribution is -2.43. The first-order chi connectivity index (χ1) is 6.29. The lowest BCUT2D eigenvalue weighted by Gasteiger charge is -2.29. The highest BCUT2D eigenvalue weighted by atomic mass is 16.1. The van der Waals surface area contributed by atoms with Crippen molar-refractivity contribution in [2.45, 2.75) is 47.1 Å². The fourth-order valence-electron chi connectivity index (χ4n) is 0.953. The molecule has 1 amide bonds. The van der Waals surface area contributed by atoms with E-state index < -0.39 is 0 Å². The average molecular weight is 200 g/mol. The molecule has 84 valence electrons. The van der Waals surface area contributed by atoms with Crippen LogP contribution < -0.4 is 11.1 Å². The van der Waals surface area contributed by atoms with E-state index in [1.807, 2.05) is 13.8 Å². The van der Waals surface area contributed by atoms with Gasteiger partial charge in [0.1, 0.15) is 0 Å².